The van der Waals surface area contributed by atoms with Gasteiger partial charge in [0.15, 0.2) is 0 Å². The van der Waals surface area contributed by atoms with Gasteiger partial charge in [0.1, 0.15) is 5.41 Å². The van der Waals surface area contributed by atoms with E-state index in [0.29, 0.717) is 13.0 Å². The number of aliphatic imine (C=N–C) groups is 1. The van der Waals surface area contributed by atoms with E-state index in [1.807, 2.05) is 26.0 Å². The van der Waals surface area contributed by atoms with Crippen LogP contribution in [-0.4, -0.2) is 24.8 Å². The van der Waals surface area contributed by atoms with Gasteiger partial charge in [-0.15, -0.1) is 6.58 Å². The molecule has 0 unspecified atom stereocenters. The van der Waals surface area contributed by atoms with Gasteiger partial charge in [-0.05, 0) is 20.3 Å². The van der Waals surface area contributed by atoms with Crippen molar-refractivity contribution in [3.8, 4) is 0 Å². The summed E-state index contributed by atoms with van der Waals surface area (Å²) < 4.78 is 5.22. The van der Waals surface area contributed by atoms with Gasteiger partial charge in [-0.3, -0.25) is 9.79 Å². The summed E-state index contributed by atoms with van der Waals surface area (Å²) in [6, 6.07) is 0. The zero-order chi connectivity index (χ0) is 11.3. The van der Waals surface area contributed by atoms with Gasteiger partial charge in [-0.1, -0.05) is 18.2 Å². The number of esters is 1. The van der Waals surface area contributed by atoms with E-state index in [0.717, 1.165) is 0 Å². The monoisotopic (exact) mass is 207 g/mol. The Morgan fingerprint density at radius 3 is 2.93 bits per heavy atom. The Balaban J connectivity index is 2.85. The lowest BCUT2D eigenvalue weighted by Crippen LogP contribution is -2.35. The van der Waals surface area contributed by atoms with E-state index in [1.54, 1.807) is 12.3 Å². The summed E-state index contributed by atoms with van der Waals surface area (Å²) in [5.41, 5.74) is -0.732. The van der Waals surface area contributed by atoms with Crippen LogP contribution in [0.2, 0.25) is 0 Å². The molecule has 0 radical (unpaired) electrons. The lowest BCUT2D eigenvalue weighted by molar-refractivity contribution is -0.153. The summed E-state index contributed by atoms with van der Waals surface area (Å²) in [5, 5.41) is 0. The van der Waals surface area contributed by atoms with Crippen LogP contribution in [-0.2, 0) is 9.53 Å². The Bertz CT molecular complexity index is 291. The second-order valence-electron chi connectivity index (χ2n) is 3.88. The molecule has 0 bridgehead atoms. The molecule has 0 aromatic carbocycles. The summed E-state index contributed by atoms with van der Waals surface area (Å²) in [4.78, 5) is 16.0. The Morgan fingerprint density at radius 2 is 2.47 bits per heavy atom. The highest BCUT2D eigenvalue weighted by Gasteiger charge is 2.36. The van der Waals surface area contributed by atoms with Gasteiger partial charge in [0.05, 0.1) is 12.6 Å². The van der Waals surface area contributed by atoms with Crippen molar-refractivity contribution in [1.82, 2.24) is 0 Å². The molecule has 0 fully saturated rings. The quantitative estimate of drug-likeness (QED) is 0.523. The molecule has 0 aliphatic carbocycles. The molecular formula is C12H17NO2. The minimum absolute atomic E-state index is 0.108. The van der Waals surface area contributed by atoms with Crippen molar-refractivity contribution in [2.45, 2.75) is 26.4 Å². The van der Waals surface area contributed by atoms with Crippen LogP contribution in [0.15, 0.2) is 29.8 Å². The maximum absolute atomic E-state index is 11.9. The van der Waals surface area contributed by atoms with Gasteiger partial charge in [0.25, 0.3) is 0 Å². The Labute approximate surface area is 90.5 Å². The molecule has 3 heteroatoms. The molecule has 0 N–H and O–H groups in total. The van der Waals surface area contributed by atoms with Gasteiger partial charge < -0.3 is 4.74 Å². The molecule has 1 aliphatic heterocycles. The van der Waals surface area contributed by atoms with Crippen LogP contribution in [0.3, 0.4) is 0 Å². The van der Waals surface area contributed by atoms with E-state index >= 15 is 0 Å². The van der Waals surface area contributed by atoms with Crippen molar-refractivity contribution < 1.29 is 9.53 Å². The third-order valence-corrected chi connectivity index (χ3v) is 2.15. The molecule has 15 heavy (non-hydrogen) atoms. The van der Waals surface area contributed by atoms with Crippen molar-refractivity contribution in [3.05, 3.63) is 24.8 Å². The van der Waals surface area contributed by atoms with Crippen LogP contribution in [0.4, 0.5) is 0 Å². The van der Waals surface area contributed by atoms with Crippen LogP contribution < -0.4 is 0 Å². The number of ether oxygens (including phenoxy) is 1. The minimum atomic E-state index is -0.732. The number of dihydropyridines is 1. The number of hydrogen-bond donors (Lipinski definition) is 0. The maximum Gasteiger partial charge on any atom is 0.321 e. The molecule has 0 aromatic heterocycles. The third kappa shape index (κ3) is 2.78. The molecule has 82 valence electrons. The van der Waals surface area contributed by atoms with Gasteiger partial charge >= 0.3 is 5.97 Å². The van der Waals surface area contributed by atoms with Crippen molar-refractivity contribution in [2.24, 2.45) is 10.4 Å². The molecule has 3 nitrogen and oxygen atoms in total. The topological polar surface area (TPSA) is 38.7 Å². The number of carbonyl (C=O) groups is 1. The minimum Gasteiger partial charge on any atom is -0.462 e. The first-order valence-corrected chi connectivity index (χ1v) is 5.11. The van der Waals surface area contributed by atoms with Crippen LogP contribution in [0.1, 0.15) is 20.3 Å². The summed E-state index contributed by atoms with van der Waals surface area (Å²) in [6.45, 7) is 7.96. The van der Waals surface area contributed by atoms with Crippen molar-refractivity contribution in [1.29, 1.82) is 0 Å². The molecule has 1 rings (SSSR count). The van der Waals surface area contributed by atoms with E-state index in [4.69, 9.17) is 4.74 Å². The predicted molar refractivity (Wildman–Crippen MR) is 61.0 cm³/mol. The van der Waals surface area contributed by atoms with E-state index in [1.165, 1.54) is 0 Å². The number of allylic oxidation sites excluding steroid dienone is 1. The standard InChI is InChI=1S/C12H17NO2/c1-4-6-12(7-5-8-13-9-12)11(14)15-10(2)3/h4-5,7,9-10H,1,6,8H2,2-3H3/t12-/m0/s1. The number of carbonyl (C=O) groups excluding carboxylic acids is 1. The molecule has 1 heterocycles. The zero-order valence-corrected chi connectivity index (χ0v) is 9.27. The van der Waals surface area contributed by atoms with Gasteiger partial charge in [0, 0.05) is 6.21 Å². The first kappa shape index (κ1) is 11.7. The van der Waals surface area contributed by atoms with Crippen LogP contribution in [0.25, 0.3) is 0 Å². The fraction of sp³-hybridized carbons (Fsp3) is 0.500. The van der Waals surface area contributed by atoms with Crippen LogP contribution in [0.5, 0.6) is 0 Å². The van der Waals surface area contributed by atoms with Crippen LogP contribution in [0, 0.1) is 5.41 Å². The molecule has 0 spiro atoms. The van der Waals surface area contributed by atoms with Gasteiger partial charge in [-0.2, -0.15) is 0 Å². The average molecular weight is 207 g/mol. The van der Waals surface area contributed by atoms with E-state index < -0.39 is 5.41 Å². The number of hydrogen-bond acceptors (Lipinski definition) is 3. The van der Waals surface area contributed by atoms with E-state index in [-0.39, 0.29) is 12.1 Å². The first-order chi connectivity index (χ1) is 7.10. The normalized spacial score (nSPS) is 24.2. The number of nitrogens with zero attached hydrogens (tertiary/aromatic N) is 1. The second-order valence-corrected chi connectivity index (χ2v) is 3.88. The van der Waals surface area contributed by atoms with E-state index in [2.05, 4.69) is 11.6 Å². The molecule has 1 atom stereocenters. The van der Waals surface area contributed by atoms with E-state index in [9.17, 15) is 4.79 Å². The lowest BCUT2D eigenvalue weighted by Gasteiger charge is -2.25. The second kappa shape index (κ2) is 4.91. The summed E-state index contributed by atoms with van der Waals surface area (Å²) in [7, 11) is 0. The summed E-state index contributed by atoms with van der Waals surface area (Å²) in [6.07, 6.45) is 7.53. The predicted octanol–water partition coefficient (Wildman–Crippen LogP) is 2.14. The highest BCUT2D eigenvalue weighted by molar-refractivity contribution is 5.98. The Kier molecular flexibility index (Phi) is 3.83. The Morgan fingerprint density at radius 1 is 1.73 bits per heavy atom. The molecule has 0 saturated heterocycles. The third-order valence-electron chi connectivity index (χ3n) is 2.15. The Hall–Kier alpha value is -1.38. The van der Waals surface area contributed by atoms with Gasteiger partial charge in [0.2, 0.25) is 0 Å². The highest BCUT2D eigenvalue weighted by atomic mass is 16.5. The van der Waals surface area contributed by atoms with Crippen molar-refractivity contribution in [2.75, 3.05) is 6.54 Å². The SMILES string of the molecule is C=CC[C@]1(C(=O)OC(C)C)C=CCN=C1. The van der Waals surface area contributed by atoms with Gasteiger partial charge in [-0.25, -0.2) is 0 Å². The fourth-order valence-electron chi connectivity index (χ4n) is 1.47. The summed E-state index contributed by atoms with van der Waals surface area (Å²) in [5.74, 6) is -0.253. The highest BCUT2D eigenvalue weighted by Crippen LogP contribution is 2.27. The lowest BCUT2D eigenvalue weighted by atomic mass is 9.84. The first-order valence-electron chi connectivity index (χ1n) is 5.11. The average Bonchev–Trinajstić information content (AvgIpc) is 2.18. The zero-order valence-electron chi connectivity index (χ0n) is 9.27. The van der Waals surface area contributed by atoms with Crippen LogP contribution >= 0.6 is 0 Å². The summed E-state index contributed by atoms with van der Waals surface area (Å²) >= 11 is 0. The van der Waals surface area contributed by atoms with Crippen molar-refractivity contribution in [3.63, 3.8) is 0 Å². The molecule has 0 aromatic rings. The molecule has 0 saturated carbocycles. The fourth-order valence-corrected chi connectivity index (χ4v) is 1.47. The molecule has 0 amide bonds. The smallest absolute Gasteiger partial charge is 0.321 e. The molecule has 1 aliphatic rings. The number of rotatable bonds is 4. The largest absolute Gasteiger partial charge is 0.462 e. The maximum atomic E-state index is 11.9. The molecular weight excluding hydrogens is 190 g/mol. The van der Waals surface area contributed by atoms with Crippen molar-refractivity contribution >= 4 is 12.2 Å².